The van der Waals surface area contributed by atoms with Gasteiger partial charge in [0.05, 0.1) is 5.92 Å². The van der Waals surface area contributed by atoms with Gasteiger partial charge in [0.1, 0.15) is 12.7 Å². The lowest BCUT2D eigenvalue weighted by Crippen LogP contribution is -2.23. The molecule has 1 fully saturated rings. The second-order valence-corrected chi connectivity index (χ2v) is 4.87. The van der Waals surface area contributed by atoms with Crippen LogP contribution in [0.4, 0.5) is 0 Å². The summed E-state index contributed by atoms with van der Waals surface area (Å²) in [6.45, 7) is 13.3. The molecule has 0 aromatic rings. The predicted octanol–water partition coefficient (Wildman–Crippen LogP) is 3.65. The smallest absolute Gasteiger partial charge is 0.309 e. The molecule has 3 atom stereocenters. The molecule has 114 valence electrons. The first kappa shape index (κ1) is 18.7. The van der Waals surface area contributed by atoms with Crippen molar-refractivity contribution in [3.8, 4) is 0 Å². The molecule has 3 nitrogen and oxygen atoms in total. The van der Waals surface area contributed by atoms with Crippen LogP contribution in [0.15, 0.2) is 37.0 Å². The second kappa shape index (κ2) is 10.4. The first-order valence-corrected chi connectivity index (χ1v) is 7.38. The van der Waals surface area contributed by atoms with Crippen LogP contribution >= 0.6 is 0 Å². The molecule has 0 aromatic heterocycles. The Bertz CT molecular complexity index is 344. The molecule has 0 aromatic carbocycles. The van der Waals surface area contributed by atoms with Crippen LogP contribution in [-0.4, -0.2) is 23.8 Å². The Labute approximate surface area is 123 Å². The van der Waals surface area contributed by atoms with Crippen molar-refractivity contribution in [1.82, 2.24) is 0 Å². The number of aliphatic hydroxyl groups excluding tert-OH is 1. The lowest BCUT2D eigenvalue weighted by atomic mass is 10.1. The van der Waals surface area contributed by atoms with E-state index >= 15 is 0 Å². The van der Waals surface area contributed by atoms with Gasteiger partial charge in [-0.25, -0.2) is 0 Å². The zero-order chi connectivity index (χ0) is 15.5. The largest absolute Gasteiger partial charge is 0.462 e. The third-order valence-corrected chi connectivity index (χ3v) is 3.34. The zero-order valence-corrected chi connectivity index (χ0v) is 13.0. The number of ether oxygens (including phenoxy) is 1. The lowest BCUT2D eigenvalue weighted by Gasteiger charge is -2.14. The van der Waals surface area contributed by atoms with Crippen LogP contribution in [0.2, 0.25) is 0 Å². The van der Waals surface area contributed by atoms with Crippen LogP contribution in [0.1, 0.15) is 40.0 Å². The number of carbonyl (C=O) groups is 1. The van der Waals surface area contributed by atoms with E-state index in [2.05, 4.69) is 20.1 Å². The van der Waals surface area contributed by atoms with Gasteiger partial charge in [0.15, 0.2) is 0 Å². The Morgan fingerprint density at radius 2 is 2.05 bits per heavy atom. The van der Waals surface area contributed by atoms with Gasteiger partial charge in [-0.1, -0.05) is 52.2 Å². The lowest BCUT2D eigenvalue weighted by molar-refractivity contribution is -0.150. The first-order valence-electron chi connectivity index (χ1n) is 7.38. The van der Waals surface area contributed by atoms with E-state index < -0.39 is 6.10 Å². The molecule has 0 spiro atoms. The highest BCUT2D eigenvalue weighted by Crippen LogP contribution is 2.31. The average molecular weight is 280 g/mol. The van der Waals surface area contributed by atoms with Crippen LogP contribution in [0.5, 0.6) is 0 Å². The molecular weight excluding hydrogens is 252 g/mol. The number of hydrogen-bond donors (Lipinski definition) is 1. The van der Waals surface area contributed by atoms with E-state index in [0.717, 1.165) is 19.3 Å². The molecule has 20 heavy (non-hydrogen) atoms. The minimum atomic E-state index is -0.830. The van der Waals surface area contributed by atoms with Gasteiger partial charge in [-0.3, -0.25) is 4.79 Å². The molecule has 0 bridgehead atoms. The van der Waals surface area contributed by atoms with Crippen molar-refractivity contribution in [3.63, 3.8) is 0 Å². The molecular formula is C17H28O3. The van der Waals surface area contributed by atoms with Gasteiger partial charge in [-0.05, 0) is 30.8 Å². The van der Waals surface area contributed by atoms with Crippen LogP contribution in [0.25, 0.3) is 0 Å². The van der Waals surface area contributed by atoms with Crippen LogP contribution in [0.3, 0.4) is 0 Å². The van der Waals surface area contributed by atoms with Gasteiger partial charge in [0.2, 0.25) is 0 Å². The number of rotatable bonds is 6. The summed E-state index contributed by atoms with van der Waals surface area (Å²) in [5.41, 5.74) is 0.609. The predicted molar refractivity (Wildman–Crippen MR) is 83.3 cm³/mol. The molecule has 1 saturated carbocycles. The van der Waals surface area contributed by atoms with E-state index in [1.807, 2.05) is 13.8 Å². The molecule has 0 amide bonds. The maximum Gasteiger partial charge on any atom is 0.309 e. The average Bonchev–Trinajstić information content (AvgIpc) is 2.90. The molecule has 1 aliphatic carbocycles. The number of carbonyl (C=O) groups excluding carboxylic acids is 1. The van der Waals surface area contributed by atoms with E-state index in [4.69, 9.17) is 4.74 Å². The number of aliphatic hydroxyl groups is 1. The van der Waals surface area contributed by atoms with Crippen molar-refractivity contribution in [2.45, 2.75) is 46.1 Å². The summed E-state index contributed by atoms with van der Waals surface area (Å²) < 4.78 is 5.15. The SMILES string of the molecule is C=C/C=C(\C=C)C(O)COC(=O)C1CCC(C)C1.CC. The van der Waals surface area contributed by atoms with E-state index in [1.54, 1.807) is 12.2 Å². The molecule has 0 radical (unpaired) electrons. The molecule has 0 saturated heterocycles. The van der Waals surface area contributed by atoms with Crippen molar-refractivity contribution in [2.24, 2.45) is 11.8 Å². The van der Waals surface area contributed by atoms with Crippen molar-refractivity contribution < 1.29 is 14.6 Å². The first-order chi connectivity index (χ1) is 9.58. The summed E-state index contributed by atoms with van der Waals surface area (Å²) in [5.74, 6) is 0.403. The van der Waals surface area contributed by atoms with Crippen molar-refractivity contribution >= 4 is 5.97 Å². The Hall–Kier alpha value is -1.35. The van der Waals surface area contributed by atoms with Crippen molar-refractivity contribution in [2.75, 3.05) is 6.61 Å². The fourth-order valence-corrected chi connectivity index (χ4v) is 2.25. The minimum absolute atomic E-state index is 0.00256. The summed E-state index contributed by atoms with van der Waals surface area (Å²) in [4.78, 5) is 11.8. The maximum absolute atomic E-state index is 11.8. The summed E-state index contributed by atoms with van der Waals surface area (Å²) in [7, 11) is 0. The Morgan fingerprint density at radius 1 is 1.40 bits per heavy atom. The quantitative estimate of drug-likeness (QED) is 0.596. The third kappa shape index (κ3) is 6.20. The molecule has 3 heteroatoms. The summed E-state index contributed by atoms with van der Waals surface area (Å²) in [5, 5.41) is 9.82. The summed E-state index contributed by atoms with van der Waals surface area (Å²) in [6.07, 6.45) is 6.81. The zero-order valence-electron chi connectivity index (χ0n) is 13.0. The number of esters is 1. The molecule has 1 aliphatic rings. The molecule has 0 heterocycles. The van der Waals surface area contributed by atoms with Gasteiger partial charge >= 0.3 is 5.97 Å². The van der Waals surface area contributed by atoms with Crippen molar-refractivity contribution in [3.05, 3.63) is 37.0 Å². The highest BCUT2D eigenvalue weighted by atomic mass is 16.5. The monoisotopic (exact) mass is 280 g/mol. The normalized spacial score (nSPS) is 23.3. The van der Waals surface area contributed by atoms with Crippen LogP contribution in [-0.2, 0) is 9.53 Å². The molecule has 3 unspecified atom stereocenters. The standard InChI is InChI=1S/C15H22O3.C2H6/c1-4-6-12(5-2)14(16)10-18-15(17)13-8-7-11(3)9-13;1-2/h4-6,11,13-14,16H,1-2,7-10H2,3H3;1-2H3/b12-6+;. The maximum atomic E-state index is 11.8. The number of allylic oxidation sites excluding steroid dienone is 2. The molecule has 1 N–H and O–H groups in total. The van der Waals surface area contributed by atoms with Gasteiger partial charge in [-0.15, -0.1) is 0 Å². The van der Waals surface area contributed by atoms with Gasteiger partial charge < -0.3 is 9.84 Å². The van der Waals surface area contributed by atoms with E-state index in [-0.39, 0.29) is 18.5 Å². The Morgan fingerprint density at radius 3 is 2.50 bits per heavy atom. The third-order valence-electron chi connectivity index (χ3n) is 3.34. The fraction of sp³-hybridized carbons (Fsp3) is 0.588. The highest BCUT2D eigenvalue weighted by molar-refractivity contribution is 5.72. The Balaban J connectivity index is 0.00000172. The summed E-state index contributed by atoms with van der Waals surface area (Å²) >= 11 is 0. The minimum Gasteiger partial charge on any atom is -0.462 e. The summed E-state index contributed by atoms with van der Waals surface area (Å²) in [6, 6.07) is 0. The van der Waals surface area contributed by atoms with E-state index in [0.29, 0.717) is 11.5 Å². The molecule has 0 aliphatic heterocycles. The van der Waals surface area contributed by atoms with Crippen LogP contribution in [0, 0.1) is 11.8 Å². The number of hydrogen-bond acceptors (Lipinski definition) is 3. The highest BCUT2D eigenvalue weighted by Gasteiger charge is 2.29. The van der Waals surface area contributed by atoms with E-state index in [1.165, 1.54) is 6.08 Å². The Kier molecular flexibility index (Phi) is 9.73. The van der Waals surface area contributed by atoms with E-state index in [9.17, 15) is 9.90 Å². The van der Waals surface area contributed by atoms with Crippen molar-refractivity contribution in [1.29, 1.82) is 0 Å². The topological polar surface area (TPSA) is 46.5 Å². The van der Waals surface area contributed by atoms with Gasteiger partial charge in [0.25, 0.3) is 0 Å². The van der Waals surface area contributed by atoms with Gasteiger partial charge in [0, 0.05) is 0 Å². The second-order valence-electron chi connectivity index (χ2n) is 4.87. The fourth-order valence-electron chi connectivity index (χ4n) is 2.25. The van der Waals surface area contributed by atoms with Crippen LogP contribution < -0.4 is 0 Å². The molecule has 1 rings (SSSR count). The van der Waals surface area contributed by atoms with Gasteiger partial charge in [-0.2, -0.15) is 0 Å².